The van der Waals surface area contributed by atoms with Gasteiger partial charge in [-0.3, -0.25) is 0 Å². The van der Waals surface area contributed by atoms with Crippen LogP contribution in [0.1, 0.15) is 5.56 Å². The Morgan fingerprint density at radius 3 is 2.86 bits per heavy atom. The third-order valence-electron chi connectivity index (χ3n) is 1.84. The molecule has 3 nitrogen and oxygen atoms in total. The van der Waals surface area contributed by atoms with Gasteiger partial charge in [-0.15, -0.1) is 6.42 Å². The lowest BCUT2D eigenvalue weighted by Gasteiger charge is -1.95. The lowest BCUT2D eigenvalue weighted by Crippen LogP contribution is -1.80. The number of nitrogens with zero attached hydrogens (tertiary/aromatic N) is 1. The number of nitrogen functional groups attached to an aromatic ring is 1. The molecule has 0 atom stereocenters. The molecule has 0 saturated carbocycles. The molecule has 1 aromatic carbocycles. The molecular formula is C11H8N2O. The van der Waals surface area contributed by atoms with Gasteiger partial charge in [-0.2, -0.15) is 0 Å². The zero-order chi connectivity index (χ0) is 9.97. The second-order valence-electron chi connectivity index (χ2n) is 2.84. The normalized spacial score (nSPS) is 9.64. The summed E-state index contributed by atoms with van der Waals surface area (Å²) in [6.07, 6.45) is 5.28. The van der Waals surface area contributed by atoms with Crippen LogP contribution in [0.2, 0.25) is 0 Å². The third kappa shape index (κ3) is 1.46. The molecule has 3 heteroatoms. The Morgan fingerprint density at radius 2 is 2.21 bits per heavy atom. The lowest BCUT2D eigenvalue weighted by molar-refractivity contribution is 0.436. The molecular weight excluding hydrogens is 176 g/mol. The van der Waals surface area contributed by atoms with Gasteiger partial charge in [-0.1, -0.05) is 23.2 Å². The summed E-state index contributed by atoms with van der Waals surface area (Å²) in [6.45, 7) is 0. The van der Waals surface area contributed by atoms with Gasteiger partial charge in [0.2, 0.25) is 0 Å². The highest BCUT2D eigenvalue weighted by molar-refractivity contribution is 5.62. The summed E-state index contributed by atoms with van der Waals surface area (Å²) in [5.41, 5.74) is 7.12. The molecule has 0 spiro atoms. The van der Waals surface area contributed by atoms with Crippen LogP contribution in [0.5, 0.6) is 0 Å². The first-order valence-electron chi connectivity index (χ1n) is 4.09. The van der Waals surface area contributed by atoms with Crippen molar-refractivity contribution >= 4 is 5.82 Å². The molecule has 0 unspecified atom stereocenters. The van der Waals surface area contributed by atoms with Crippen molar-refractivity contribution in [1.82, 2.24) is 5.16 Å². The molecule has 1 aromatic heterocycles. The summed E-state index contributed by atoms with van der Waals surface area (Å²) in [4.78, 5) is 0. The van der Waals surface area contributed by atoms with E-state index in [4.69, 9.17) is 16.7 Å². The van der Waals surface area contributed by atoms with Crippen molar-refractivity contribution < 1.29 is 4.52 Å². The minimum atomic E-state index is 0.367. The maximum Gasteiger partial charge on any atom is 0.169 e. The van der Waals surface area contributed by atoms with E-state index in [9.17, 15) is 0 Å². The van der Waals surface area contributed by atoms with Crippen LogP contribution < -0.4 is 5.73 Å². The highest BCUT2D eigenvalue weighted by Gasteiger charge is 2.04. The molecule has 14 heavy (non-hydrogen) atoms. The fraction of sp³-hybridized carbons (Fsp3) is 0. The van der Waals surface area contributed by atoms with Gasteiger partial charge in [0.15, 0.2) is 11.6 Å². The maximum absolute atomic E-state index is 5.44. The standard InChI is InChI=1S/C11H8N2O/c1-2-8-4-3-5-9(6-8)10-7-11(12)13-14-10/h1,3-7H,(H2,12,13). The molecule has 0 bridgehead atoms. The van der Waals surface area contributed by atoms with Crippen molar-refractivity contribution in [1.29, 1.82) is 0 Å². The number of hydrogen-bond donors (Lipinski definition) is 1. The molecule has 0 radical (unpaired) electrons. The summed E-state index contributed by atoms with van der Waals surface area (Å²) in [7, 11) is 0. The van der Waals surface area contributed by atoms with E-state index < -0.39 is 0 Å². The first-order chi connectivity index (χ1) is 6.79. The van der Waals surface area contributed by atoms with Crippen LogP contribution in [0.25, 0.3) is 11.3 Å². The van der Waals surface area contributed by atoms with Gasteiger partial charge in [-0.05, 0) is 12.1 Å². The van der Waals surface area contributed by atoms with Crippen molar-refractivity contribution in [2.75, 3.05) is 5.73 Å². The summed E-state index contributed by atoms with van der Waals surface area (Å²) >= 11 is 0. The topological polar surface area (TPSA) is 52.0 Å². The largest absolute Gasteiger partial charge is 0.381 e. The maximum atomic E-state index is 5.44. The summed E-state index contributed by atoms with van der Waals surface area (Å²) in [5.74, 6) is 3.54. The second kappa shape index (κ2) is 3.27. The van der Waals surface area contributed by atoms with Gasteiger partial charge in [-0.25, -0.2) is 0 Å². The number of nitrogens with two attached hydrogens (primary N) is 1. The van der Waals surface area contributed by atoms with Crippen LogP contribution in [-0.2, 0) is 0 Å². The Balaban J connectivity index is 2.47. The van der Waals surface area contributed by atoms with E-state index in [-0.39, 0.29) is 0 Å². The number of anilines is 1. The minimum absolute atomic E-state index is 0.367. The molecule has 2 N–H and O–H groups in total. The van der Waals surface area contributed by atoms with Gasteiger partial charge < -0.3 is 10.3 Å². The molecule has 0 saturated heterocycles. The SMILES string of the molecule is C#Cc1cccc(-c2cc(N)no2)c1. The van der Waals surface area contributed by atoms with E-state index in [1.54, 1.807) is 6.07 Å². The van der Waals surface area contributed by atoms with E-state index in [2.05, 4.69) is 11.1 Å². The first-order valence-corrected chi connectivity index (χ1v) is 4.09. The molecule has 2 rings (SSSR count). The van der Waals surface area contributed by atoms with E-state index in [0.717, 1.165) is 11.1 Å². The fourth-order valence-electron chi connectivity index (χ4n) is 1.19. The lowest BCUT2D eigenvalue weighted by atomic mass is 10.1. The van der Waals surface area contributed by atoms with E-state index in [1.165, 1.54) is 0 Å². The number of aromatic nitrogens is 1. The molecule has 0 fully saturated rings. The Labute approximate surface area is 81.5 Å². The smallest absolute Gasteiger partial charge is 0.169 e. The Hall–Kier alpha value is -2.21. The monoisotopic (exact) mass is 184 g/mol. The Bertz CT molecular complexity index is 494. The minimum Gasteiger partial charge on any atom is -0.381 e. The van der Waals surface area contributed by atoms with Crippen LogP contribution >= 0.6 is 0 Å². The quantitative estimate of drug-likeness (QED) is 0.688. The van der Waals surface area contributed by atoms with Crippen LogP contribution in [0, 0.1) is 12.3 Å². The van der Waals surface area contributed by atoms with Crippen molar-refractivity contribution in [2.45, 2.75) is 0 Å². The summed E-state index contributed by atoms with van der Waals surface area (Å²) in [5, 5.41) is 3.60. The van der Waals surface area contributed by atoms with Crippen molar-refractivity contribution in [2.24, 2.45) is 0 Å². The molecule has 1 heterocycles. The number of terminal acetylenes is 1. The molecule has 0 aliphatic heterocycles. The Morgan fingerprint density at radius 1 is 1.36 bits per heavy atom. The molecule has 0 aliphatic rings. The average molecular weight is 184 g/mol. The molecule has 0 amide bonds. The van der Waals surface area contributed by atoms with Gasteiger partial charge in [0, 0.05) is 17.2 Å². The first kappa shape index (κ1) is 8.39. The number of hydrogen-bond acceptors (Lipinski definition) is 3. The summed E-state index contributed by atoms with van der Waals surface area (Å²) < 4.78 is 5.01. The third-order valence-corrected chi connectivity index (χ3v) is 1.84. The zero-order valence-corrected chi connectivity index (χ0v) is 7.40. The van der Waals surface area contributed by atoms with Crippen molar-refractivity contribution in [3.05, 3.63) is 35.9 Å². The van der Waals surface area contributed by atoms with E-state index in [1.807, 2.05) is 24.3 Å². The van der Waals surface area contributed by atoms with Crippen LogP contribution in [0.4, 0.5) is 5.82 Å². The van der Waals surface area contributed by atoms with Gasteiger partial charge in [0.1, 0.15) is 0 Å². The predicted octanol–water partition coefficient (Wildman–Crippen LogP) is 1.91. The number of benzene rings is 1. The van der Waals surface area contributed by atoms with Gasteiger partial charge >= 0.3 is 0 Å². The van der Waals surface area contributed by atoms with Crippen LogP contribution in [-0.4, -0.2) is 5.16 Å². The average Bonchev–Trinajstić information content (AvgIpc) is 2.65. The Kier molecular flexibility index (Phi) is 1.96. The van der Waals surface area contributed by atoms with Crippen LogP contribution in [0.3, 0.4) is 0 Å². The molecule has 0 aliphatic carbocycles. The number of rotatable bonds is 1. The van der Waals surface area contributed by atoms with E-state index >= 15 is 0 Å². The zero-order valence-electron chi connectivity index (χ0n) is 7.40. The van der Waals surface area contributed by atoms with Crippen LogP contribution in [0.15, 0.2) is 34.9 Å². The molecule has 68 valence electrons. The highest BCUT2D eigenvalue weighted by atomic mass is 16.5. The summed E-state index contributed by atoms with van der Waals surface area (Å²) in [6, 6.07) is 9.11. The van der Waals surface area contributed by atoms with Crippen molar-refractivity contribution in [3.8, 4) is 23.7 Å². The second-order valence-corrected chi connectivity index (χ2v) is 2.84. The van der Waals surface area contributed by atoms with E-state index in [0.29, 0.717) is 11.6 Å². The van der Waals surface area contributed by atoms with Gasteiger partial charge in [0.25, 0.3) is 0 Å². The molecule has 2 aromatic rings. The van der Waals surface area contributed by atoms with Gasteiger partial charge in [0.05, 0.1) is 0 Å². The predicted molar refractivity (Wildman–Crippen MR) is 54.3 cm³/mol. The van der Waals surface area contributed by atoms with Crippen molar-refractivity contribution in [3.63, 3.8) is 0 Å². The fourth-order valence-corrected chi connectivity index (χ4v) is 1.19. The highest BCUT2D eigenvalue weighted by Crippen LogP contribution is 2.21.